The van der Waals surface area contributed by atoms with Gasteiger partial charge in [0.05, 0.1) is 21.3 Å². The van der Waals surface area contributed by atoms with Crippen LogP contribution in [0.5, 0.6) is 0 Å². The van der Waals surface area contributed by atoms with E-state index in [1.165, 1.54) is 0 Å². The molecule has 8 nitrogen and oxygen atoms in total. The van der Waals surface area contributed by atoms with Gasteiger partial charge in [0.25, 0.3) is 0 Å². The third kappa shape index (κ3) is 3.44. The monoisotopic (exact) mass is 313 g/mol. The van der Waals surface area contributed by atoms with E-state index in [0.29, 0.717) is 6.42 Å². The fraction of sp³-hybridized carbons (Fsp3) is 0.571. The average molecular weight is 313 g/mol. The molecule has 0 bridgehead atoms. The van der Waals surface area contributed by atoms with Crippen molar-refractivity contribution in [2.45, 2.75) is 24.8 Å². The first kappa shape index (κ1) is 17.7. The number of allylic oxidation sites excluding steroid dienone is 2. The molecule has 0 aromatic heterocycles. The van der Waals surface area contributed by atoms with Crippen LogP contribution in [0.3, 0.4) is 0 Å². The minimum absolute atomic E-state index is 0.0392. The summed E-state index contributed by atoms with van der Waals surface area (Å²) < 4.78 is 13.8. The quantitative estimate of drug-likeness (QED) is 0.330. The van der Waals surface area contributed by atoms with E-state index in [0.717, 1.165) is 21.3 Å². The fourth-order valence-electron chi connectivity index (χ4n) is 2.20. The maximum Gasteiger partial charge on any atom is 0.343 e. The minimum atomic E-state index is -1.98. The number of methoxy groups -OCH3 is 3. The molecule has 0 aliphatic carbocycles. The molecule has 0 aromatic rings. The van der Waals surface area contributed by atoms with Crippen LogP contribution in [-0.2, 0) is 33.4 Å². The van der Waals surface area contributed by atoms with Crippen LogP contribution in [0.25, 0.3) is 0 Å². The second-order valence-electron chi connectivity index (χ2n) is 4.70. The number of nitrogens with one attached hydrogen (secondary N) is 1. The summed E-state index contributed by atoms with van der Waals surface area (Å²) in [7, 11) is 3.35. The lowest BCUT2D eigenvalue weighted by molar-refractivity contribution is -0.167. The SMILES string of the molecule is COC(=O)C1C/C=C\CCC(C(=O)OC)(C(=O)OC)NC1=O. The number of amides is 1. The highest BCUT2D eigenvalue weighted by Gasteiger charge is 2.50. The predicted molar refractivity (Wildman–Crippen MR) is 73.4 cm³/mol. The molecule has 1 amide bonds. The summed E-state index contributed by atoms with van der Waals surface area (Å²) in [5.74, 6) is -4.62. The van der Waals surface area contributed by atoms with Crippen LogP contribution < -0.4 is 5.32 Å². The molecule has 122 valence electrons. The van der Waals surface area contributed by atoms with E-state index < -0.39 is 35.3 Å². The number of ether oxygens (including phenoxy) is 3. The molecular formula is C14H19NO7. The summed E-state index contributed by atoms with van der Waals surface area (Å²) in [5.41, 5.74) is -1.98. The van der Waals surface area contributed by atoms with Gasteiger partial charge in [-0.3, -0.25) is 9.59 Å². The van der Waals surface area contributed by atoms with Crippen molar-refractivity contribution < 1.29 is 33.4 Å². The summed E-state index contributed by atoms with van der Waals surface area (Å²) >= 11 is 0. The number of hydrogen-bond donors (Lipinski definition) is 1. The summed E-state index contributed by atoms with van der Waals surface area (Å²) in [6.07, 6.45) is 3.69. The zero-order valence-electron chi connectivity index (χ0n) is 12.7. The van der Waals surface area contributed by atoms with Gasteiger partial charge >= 0.3 is 17.9 Å². The average Bonchev–Trinajstić information content (AvgIpc) is 2.61. The topological polar surface area (TPSA) is 108 Å². The molecule has 1 N–H and O–H groups in total. The van der Waals surface area contributed by atoms with Gasteiger partial charge in [-0.25, -0.2) is 9.59 Å². The first-order valence-electron chi connectivity index (χ1n) is 6.64. The molecule has 1 aliphatic heterocycles. The molecule has 0 saturated heterocycles. The van der Waals surface area contributed by atoms with E-state index in [1.807, 2.05) is 0 Å². The minimum Gasteiger partial charge on any atom is -0.468 e. The molecule has 0 aromatic carbocycles. The first-order chi connectivity index (χ1) is 10.4. The van der Waals surface area contributed by atoms with Gasteiger partial charge in [0.2, 0.25) is 11.4 Å². The largest absolute Gasteiger partial charge is 0.468 e. The van der Waals surface area contributed by atoms with Crippen LogP contribution in [0.2, 0.25) is 0 Å². The Morgan fingerprint density at radius 2 is 1.68 bits per heavy atom. The van der Waals surface area contributed by atoms with Crippen molar-refractivity contribution in [1.82, 2.24) is 5.32 Å². The molecule has 8 heteroatoms. The highest BCUT2D eigenvalue weighted by Crippen LogP contribution is 2.22. The fourth-order valence-corrected chi connectivity index (χ4v) is 2.20. The van der Waals surface area contributed by atoms with E-state index in [9.17, 15) is 19.2 Å². The first-order valence-corrected chi connectivity index (χ1v) is 6.64. The van der Waals surface area contributed by atoms with Gasteiger partial charge in [0.1, 0.15) is 5.92 Å². The lowest BCUT2D eigenvalue weighted by Crippen LogP contribution is -2.62. The molecule has 1 unspecified atom stereocenters. The van der Waals surface area contributed by atoms with Gasteiger partial charge < -0.3 is 19.5 Å². The predicted octanol–water partition coefficient (Wildman–Crippen LogP) is -0.283. The van der Waals surface area contributed by atoms with Crippen molar-refractivity contribution in [2.75, 3.05) is 21.3 Å². The second-order valence-corrected chi connectivity index (χ2v) is 4.70. The zero-order valence-corrected chi connectivity index (χ0v) is 12.7. The number of hydrogen-bond acceptors (Lipinski definition) is 7. The van der Waals surface area contributed by atoms with Crippen molar-refractivity contribution in [2.24, 2.45) is 5.92 Å². The molecule has 0 fully saturated rings. The van der Waals surface area contributed by atoms with Crippen LogP contribution in [0.4, 0.5) is 0 Å². The number of carbonyl (C=O) groups is 4. The second kappa shape index (κ2) is 7.58. The Kier molecular flexibility index (Phi) is 6.09. The molecule has 0 radical (unpaired) electrons. The molecule has 22 heavy (non-hydrogen) atoms. The zero-order chi connectivity index (χ0) is 16.8. The van der Waals surface area contributed by atoms with Crippen molar-refractivity contribution in [1.29, 1.82) is 0 Å². The lowest BCUT2D eigenvalue weighted by atomic mass is 9.92. The van der Waals surface area contributed by atoms with Gasteiger partial charge in [-0.05, 0) is 19.3 Å². The Hall–Kier alpha value is -2.38. The Labute approximate surface area is 127 Å². The standard InChI is InChI=1S/C14H19NO7/c1-20-11(17)9-7-5-4-6-8-14(12(18)21-2,13(19)22-3)15-10(9)16/h4-5,9H,6-8H2,1-3H3,(H,15,16)/b5-4-. The molecular weight excluding hydrogens is 294 g/mol. The highest BCUT2D eigenvalue weighted by atomic mass is 16.5. The van der Waals surface area contributed by atoms with Crippen molar-refractivity contribution >= 4 is 23.8 Å². The molecule has 1 atom stereocenters. The molecule has 1 heterocycles. The van der Waals surface area contributed by atoms with Gasteiger partial charge in [0, 0.05) is 0 Å². The summed E-state index contributed by atoms with van der Waals surface area (Å²) in [4.78, 5) is 48.2. The van der Waals surface area contributed by atoms with Crippen molar-refractivity contribution in [3.63, 3.8) is 0 Å². The van der Waals surface area contributed by atoms with Gasteiger partial charge in [-0.2, -0.15) is 0 Å². The smallest absolute Gasteiger partial charge is 0.343 e. The number of carbonyl (C=O) groups excluding carboxylic acids is 4. The molecule has 1 aliphatic rings. The Morgan fingerprint density at radius 3 is 2.18 bits per heavy atom. The maximum atomic E-state index is 12.3. The van der Waals surface area contributed by atoms with E-state index in [2.05, 4.69) is 19.5 Å². The molecule has 1 rings (SSSR count). The van der Waals surface area contributed by atoms with Crippen molar-refractivity contribution in [3.05, 3.63) is 12.2 Å². The van der Waals surface area contributed by atoms with Crippen LogP contribution in [0.1, 0.15) is 19.3 Å². The highest BCUT2D eigenvalue weighted by molar-refractivity contribution is 6.10. The van der Waals surface area contributed by atoms with E-state index in [-0.39, 0.29) is 12.8 Å². The number of esters is 3. The van der Waals surface area contributed by atoms with Crippen LogP contribution in [0.15, 0.2) is 12.2 Å². The number of rotatable bonds is 3. The van der Waals surface area contributed by atoms with Crippen molar-refractivity contribution in [3.8, 4) is 0 Å². The van der Waals surface area contributed by atoms with Crippen LogP contribution >= 0.6 is 0 Å². The summed E-state index contributed by atoms with van der Waals surface area (Å²) in [5, 5.41) is 2.31. The van der Waals surface area contributed by atoms with Crippen LogP contribution in [-0.4, -0.2) is 50.7 Å². The summed E-state index contributed by atoms with van der Waals surface area (Å²) in [6, 6.07) is 0. The summed E-state index contributed by atoms with van der Waals surface area (Å²) in [6.45, 7) is 0. The molecule has 0 saturated carbocycles. The van der Waals surface area contributed by atoms with E-state index >= 15 is 0 Å². The van der Waals surface area contributed by atoms with E-state index in [4.69, 9.17) is 0 Å². The van der Waals surface area contributed by atoms with Gasteiger partial charge in [-0.1, -0.05) is 12.2 Å². The molecule has 0 spiro atoms. The van der Waals surface area contributed by atoms with Gasteiger partial charge in [0.15, 0.2) is 0 Å². The normalized spacial score (nSPS) is 22.1. The maximum absolute atomic E-state index is 12.3. The van der Waals surface area contributed by atoms with E-state index in [1.54, 1.807) is 12.2 Å². The van der Waals surface area contributed by atoms with Gasteiger partial charge in [-0.15, -0.1) is 0 Å². The lowest BCUT2D eigenvalue weighted by Gasteiger charge is -2.29. The Morgan fingerprint density at radius 1 is 1.09 bits per heavy atom. The Bertz CT molecular complexity index is 481. The Balaban J connectivity index is 3.25. The third-order valence-electron chi connectivity index (χ3n) is 3.43. The van der Waals surface area contributed by atoms with Crippen LogP contribution in [0, 0.1) is 5.92 Å². The third-order valence-corrected chi connectivity index (χ3v) is 3.43.